The number of amides is 2. The van der Waals surface area contributed by atoms with Gasteiger partial charge in [0.05, 0.1) is 17.2 Å². The zero-order valence-corrected chi connectivity index (χ0v) is 18.1. The van der Waals surface area contributed by atoms with Crippen LogP contribution in [0.1, 0.15) is 34.7 Å². The molecule has 166 valence electrons. The van der Waals surface area contributed by atoms with Gasteiger partial charge in [-0.3, -0.25) is 14.4 Å². The lowest BCUT2D eigenvalue weighted by Crippen LogP contribution is -2.34. The number of nitrogens with one attached hydrogen (secondary N) is 2. The largest absolute Gasteiger partial charge is 0.451 e. The normalized spacial score (nSPS) is 17.4. The van der Waals surface area contributed by atoms with Gasteiger partial charge in [-0.1, -0.05) is 12.1 Å². The van der Waals surface area contributed by atoms with Gasteiger partial charge in [0.2, 0.25) is 5.91 Å². The molecule has 1 fully saturated rings. The van der Waals surface area contributed by atoms with E-state index in [9.17, 15) is 14.4 Å². The van der Waals surface area contributed by atoms with Crippen molar-refractivity contribution in [3.05, 3.63) is 57.6 Å². The molecule has 2 amide bonds. The number of thioether (sulfide) groups is 1. The fourth-order valence-corrected chi connectivity index (χ4v) is 4.97. The summed E-state index contributed by atoms with van der Waals surface area (Å²) in [7, 11) is 0. The van der Waals surface area contributed by atoms with E-state index in [0.717, 1.165) is 30.7 Å². The Hall–Kier alpha value is -3.11. The highest BCUT2D eigenvalue weighted by molar-refractivity contribution is 7.98. The summed E-state index contributed by atoms with van der Waals surface area (Å²) >= 11 is 1.69. The second kappa shape index (κ2) is 8.79. The van der Waals surface area contributed by atoms with Gasteiger partial charge in [-0.25, -0.2) is 4.68 Å². The van der Waals surface area contributed by atoms with E-state index in [0.29, 0.717) is 34.8 Å². The van der Waals surface area contributed by atoms with E-state index >= 15 is 0 Å². The first-order valence-corrected chi connectivity index (χ1v) is 11.6. The van der Waals surface area contributed by atoms with Gasteiger partial charge in [-0.2, -0.15) is 16.9 Å². The van der Waals surface area contributed by atoms with Gasteiger partial charge in [0, 0.05) is 36.3 Å². The van der Waals surface area contributed by atoms with Crippen molar-refractivity contribution in [2.24, 2.45) is 0 Å². The molecule has 1 atom stereocenters. The van der Waals surface area contributed by atoms with E-state index in [-0.39, 0.29) is 29.7 Å². The summed E-state index contributed by atoms with van der Waals surface area (Å²) in [5, 5.41) is 10.6. The second-order valence-electron chi connectivity index (χ2n) is 7.79. The van der Waals surface area contributed by atoms with Crippen molar-refractivity contribution in [1.82, 2.24) is 15.1 Å². The fourth-order valence-electron chi connectivity index (χ4n) is 3.93. The standard InChI is InChI=1S/C22H22N4O5S/c27-17-8-19(31-18-6-2-1-5-14(17)18)22(29)24-21-15-11-32-12-16(15)25-26(21)10-20(28)23-9-13-4-3-7-30-13/h1-2,5-6,8,13H,3-4,7,9-12H2,(H,23,28)(H,24,29)/t13-/m0/s1. The monoisotopic (exact) mass is 454 g/mol. The van der Waals surface area contributed by atoms with Crippen LogP contribution >= 0.6 is 11.8 Å². The first kappa shape index (κ1) is 20.8. The summed E-state index contributed by atoms with van der Waals surface area (Å²) in [6, 6.07) is 7.95. The molecule has 4 heterocycles. The smallest absolute Gasteiger partial charge is 0.292 e. The Balaban J connectivity index is 1.35. The first-order valence-electron chi connectivity index (χ1n) is 10.5. The zero-order valence-electron chi connectivity index (χ0n) is 17.3. The average molecular weight is 455 g/mol. The molecular weight excluding hydrogens is 432 g/mol. The van der Waals surface area contributed by atoms with Crippen LogP contribution in [0.4, 0.5) is 5.82 Å². The molecule has 0 radical (unpaired) electrons. The Morgan fingerprint density at radius 1 is 1.25 bits per heavy atom. The molecule has 0 saturated carbocycles. The molecule has 32 heavy (non-hydrogen) atoms. The van der Waals surface area contributed by atoms with Crippen molar-refractivity contribution < 1.29 is 18.7 Å². The summed E-state index contributed by atoms with van der Waals surface area (Å²) in [5.41, 5.74) is 1.78. The van der Waals surface area contributed by atoms with Crippen LogP contribution in [0, 0.1) is 0 Å². The molecule has 2 aliphatic rings. The Morgan fingerprint density at radius 2 is 2.12 bits per heavy atom. The number of carbonyl (C=O) groups excluding carboxylic acids is 2. The lowest BCUT2D eigenvalue weighted by atomic mass is 10.2. The third-order valence-corrected chi connectivity index (χ3v) is 6.52. The van der Waals surface area contributed by atoms with Crippen LogP contribution in [-0.2, 0) is 27.6 Å². The molecule has 0 spiro atoms. The van der Waals surface area contributed by atoms with Crippen LogP contribution in [0.3, 0.4) is 0 Å². The van der Waals surface area contributed by atoms with E-state index in [1.165, 1.54) is 10.7 Å². The van der Waals surface area contributed by atoms with Crippen LogP contribution in [-0.4, -0.2) is 40.9 Å². The van der Waals surface area contributed by atoms with Crippen LogP contribution in [0.25, 0.3) is 11.0 Å². The van der Waals surface area contributed by atoms with Crippen LogP contribution in [0.2, 0.25) is 0 Å². The molecule has 5 rings (SSSR count). The van der Waals surface area contributed by atoms with Crippen molar-refractivity contribution in [2.45, 2.75) is 37.0 Å². The third-order valence-electron chi connectivity index (χ3n) is 5.55. The molecular formula is C22H22N4O5S. The number of anilines is 1. The molecule has 0 bridgehead atoms. The lowest BCUT2D eigenvalue weighted by molar-refractivity contribution is -0.122. The topological polar surface area (TPSA) is 115 Å². The number of hydrogen-bond donors (Lipinski definition) is 2. The second-order valence-corrected chi connectivity index (χ2v) is 8.77. The number of fused-ring (bicyclic) bond motifs is 2. The van der Waals surface area contributed by atoms with E-state index in [4.69, 9.17) is 9.15 Å². The zero-order chi connectivity index (χ0) is 22.1. The number of para-hydroxylation sites is 1. The summed E-state index contributed by atoms with van der Waals surface area (Å²) in [6.07, 6.45) is 1.99. The lowest BCUT2D eigenvalue weighted by Gasteiger charge is -2.13. The Labute approximate surface area is 187 Å². The quantitative estimate of drug-likeness (QED) is 0.587. The van der Waals surface area contributed by atoms with E-state index in [2.05, 4.69) is 15.7 Å². The molecule has 0 unspecified atom stereocenters. The highest BCUT2D eigenvalue weighted by atomic mass is 32.2. The maximum atomic E-state index is 12.9. The molecule has 1 aromatic carbocycles. The van der Waals surface area contributed by atoms with Crippen molar-refractivity contribution in [2.75, 3.05) is 18.5 Å². The highest BCUT2D eigenvalue weighted by Crippen LogP contribution is 2.35. The fraction of sp³-hybridized carbons (Fsp3) is 0.364. The minimum Gasteiger partial charge on any atom is -0.451 e. The number of benzene rings is 1. The molecule has 2 N–H and O–H groups in total. The predicted molar refractivity (Wildman–Crippen MR) is 120 cm³/mol. The number of rotatable bonds is 6. The van der Waals surface area contributed by atoms with E-state index in [1.54, 1.807) is 36.0 Å². The van der Waals surface area contributed by atoms with Crippen LogP contribution in [0.5, 0.6) is 0 Å². The van der Waals surface area contributed by atoms with E-state index in [1.807, 2.05) is 0 Å². The summed E-state index contributed by atoms with van der Waals surface area (Å²) in [4.78, 5) is 37.8. The van der Waals surface area contributed by atoms with Gasteiger partial charge in [0.15, 0.2) is 11.2 Å². The van der Waals surface area contributed by atoms with Crippen LogP contribution in [0.15, 0.2) is 39.5 Å². The number of hydrogen-bond acceptors (Lipinski definition) is 7. The highest BCUT2D eigenvalue weighted by Gasteiger charge is 2.26. The Bertz CT molecular complexity index is 1240. The van der Waals surface area contributed by atoms with Gasteiger partial charge in [-0.05, 0) is 25.0 Å². The van der Waals surface area contributed by atoms with Gasteiger partial charge < -0.3 is 19.8 Å². The van der Waals surface area contributed by atoms with Crippen molar-refractivity contribution in [3.8, 4) is 0 Å². The Morgan fingerprint density at radius 3 is 2.97 bits per heavy atom. The maximum absolute atomic E-state index is 12.9. The minimum absolute atomic E-state index is 0.0261. The predicted octanol–water partition coefficient (Wildman–Crippen LogP) is 2.28. The van der Waals surface area contributed by atoms with Crippen molar-refractivity contribution in [3.63, 3.8) is 0 Å². The van der Waals surface area contributed by atoms with Gasteiger partial charge >= 0.3 is 0 Å². The van der Waals surface area contributed by atoms with Crippen molar-refractivity contribution in [1.29, 1.82) is 0 Å². The number of nitrogens with zero attached hydrogens (tertiary/aromatic N) is 2. The number of carbonyl (C=O) groups is 2. The van der Waals surface area contributed by atoms with Crippen molar-refractivity contribution >= 4 is 40.4 Å². The minimum atomic E-state index is -0.562. The summed E-state index contributed by atoms with van der Waals surface area (Å²) < 4.78 is 12.7. The molecule has 10 heteroatoms. The van der Waals surface area contributed by atoms with Gasteiger partial charge in [0.25, 0.3) is 5.91 Å². The molecule has 2 aliphatic heterocycles. The first-order chi connectivity index (χ1) is 15.6. The summed E-state index contributed by atoms with van der Waals surface area (Å²) in [6.45, 7) is 1.16. The average Bonchev–Trinajstić information content (AvgIpc) is 3.52. The molecule has 1 saturated heterocycles. The summed E-state index contributed by atoms with van der Waals surface area (Å²) in [5.74, 6) is 0.995. The van der Waals surface area contributed by atoms with Gasteiger partial charge in [-0.15, -0.1) is 0 Å². The maximum Gasteiger partial charge on any atom is 0.292 e. The van der Waals surface area contributed by atoms with Gasteiger partial charge in [0.1, 0.15) is 17.9 Å². The number of ether oxygens (including phenoxy) is 1. The number of aromatic nitrogens is 2. The Kier molecular flexibility index (Phi) is 5.71. The SMILES string of the molecule is O=C(Cn1nc2c(c1NC(=O)c1cc(=O)c3ccccc3o1)CSC2)NC[C@@H]1CCCO1. The molecule has 0 aliphatic carbocycles. The molecule has 3 aromatic rings. The molecule has 9 nitrogen and oxygen atoms in total. The third kappa shape index (κ3) is 4.15. The van der Waals surface area contributed by atoms with Crippen LogP contribution < -0.4 is 16.1 Å². The van der Waals surface area contributed by atoms with E-state index < -0.39 is 5.91 Å². The molecule has 2 aromatic heterocycles.